The minimum absolute atomic E-state index is 0. The number of amides is 1. The van der Waals surface area contributed by atoms with E-state index >= 15 is 0 Å². The molecule has 1 aromatic carbocycles. The van der Waals surface area contributed by atoms with Crippen LogP contribution in [0.15, 0.2) is 36.5 Å². The van der Waals surface area contributed by atoms with Gasteiger partial charge in [-0.15, -0.1) is 12.4 Å². The Labute approximate surface area is 160 Å². The Morgan fingerprint density at radius 1 is 1.15 bits per heavy atom. The number of piperazine rings is 1. The van der Waals surface area contributed by atoms with Crippen LogP contribution in [0.1, 0.15) is 15.9 Å². The Bertz CT molecular complexity index is 796. The lowest BCUT2D eigenvalue weighted by Crippen LogP contribution is -2.49. The van der Waals surface area contributed by atoms with E-state index in [1.807, 2.05) is 4.90 Å². The van der Waals surface area contributed by atoms with Crippen LogP contribution >= 0.6 is 12.4 Å². The zero-order chi connectivity index (χ0) is 18.7. The first-order valence-corrected chi connectivity index (χ1v) is 7.97. The summed E-state index contributed by atoms with van der Waals surface area (Å²) in [5.41, 5.74) is -0.794. The molecule has 1 aliphatic rings. The highest BCUT2D eigenvalue weighted by Gasteiger charge is 2.31. The molecule has 1 saturated heterocycles. The molecule has 0 bridgehead atoms. The van der Waals surface area contributed by atoms with Crippen LogP contribution < -0.4 is 9.64 Å². The molecular formula is C17H18ClF3N4O2. The maximum Gasteiger partial charge on any atom is 0.416 e. The summed E-state index contributed by atoms with van der Waals surface area (Å²) >= 11 is 0. The molecule has 0 radical (unpaired) electrons. The van der Waals surface area contributed by atoms with Crippen molar-refractivity contribution in [3.63, 3.8) is 0 Å². The highest BCUT2D eigenvalue weighted by Crippen LogP contribution is 2.29. The molecule has 1 aliphatic heterocycles. The van der Waals surface area contributed by atoms with Crippen molar-refractivity contribution in [2.75, 3.05) is 38.2 Å². The predicted molar refractivity (Wildman–Crippen MR) is 95.4 cm³/mol. The van der Waals surface area contributed by atoms with E-state index in [-0.39, 0.29) is 18.0 Å². The number of methoxy groups -OCH3 is 1. The zero-order valence-corrected chi connectivity index (χ0v) is 15.3. The highest BCUT2D eigenvalue weighted by molar-refractivity contribution is 5.94. The van der Waals surface area contributed by atoms with Gasteiger partial charge < -0.3 is 14.5 Å². The van der Waals surface area contributed by atoms with Crippen molar-refractivity contribution in [2.45, 2.75) is 6.18 Å². The quantitative estimate of drug-likeness (QED) is 0.790. The topological polar surface area (TPSA) is 58.6 Å². The predicted octanol–water partition coefficient (Wildman–Crippen LogP) is 2.89. The third-order valence-corrected chi connectivity index (χ3v) is 4.11. The summed E-state index contributed by atoms with van der Waals surface area (Å²) < 4.78 is 43.5. The summed E-state index contributed by atoms with van der Waals surface area (Å²) in [4.78, 5) is 24.4. The van der Waals surface area contributed by atoms with Gasteiger partial charge in [0.1, 0.15) is 0 Å². The standard InChI is InChI=1S/C17H17F3N4O2.ClH/c1-26-14-5-6-21-16(22-14)24-9-7-23(8-10-24)15(25)12-3-2-4-13(11-12)17(18,19)20;/h2-6,11H,7-10H2,1H3;1H. The second-order valence-electron chi connectivity index (χ2n) is 5.76. The first-order chi connectivity index (χ1) is 12.4. The van der Waals surface area contributed by atoms with E-state index < -0.39 is 17.6 Å². The molecule has 3 rings (SSSR count). The lowest BCUT2D eigenvalue weighted by Gasteiger charge is -2.34. The molecule has 10 heteroatoms. The van der Waals surface area contributed by atoms with Crippen molar-refractivity contribution in [1.29, 1.82) is 0 Å². The van der Waals surface area contributed by atoms with Crippen molar-refractivity contribution >= 4 is 24.3 Å². The van der Waals surface area contributed by atoms with Crippen LogP contribution in [0.3, 0.4) is 0 Å². The number of alkyl halides is 3. The van der Waals surface area contributed by atoms with Gasteiger partial charge in [-0.25, -0.2) is 4.98 Å². The Balaban J connectivity index is 0.00000261. The molecule has 0 spiro atoms. The number of ether oxygens (including phenoxy) is 1. The largest absolute Gasteiger partial charge is 0.481 e. The van der Waals surface area contributed by atoms with Gasteiger partial charge in [-0.1, -0.05) is 6.07 Å². The van der Waals surface area contributed by atoms with Gasteiger partial charge in [-0.3, -0.25) is 4.79 Å². The summed E-state index contributed by atoms with van der Waals surface area (Å²) in [5.74, 6) is 0.523. The Hall–Kier alpha value is -2.55. The number of halogens is 4. The fraction of sp³-hybridized carbons (Fsp3) is 0.353. The van der Waals surface area contributed by atoms with Gasteiger partial charge in [0.05, 0.1) is 12.7 Å². The number of aromatic nitrogens is 2. The summed E-state index contributed by atoms with van der Waals surface area (Å²) in [6.07, 6.45) is -2.89. The lowest BCUT2D eigenvalue weighted by atomic mass is 10.1. The molecule has 1 fully saturated rings. The Kier molecular flexibility index (Phi) is 6.48. The summed E-state index contributed by atoms with van der Waals surface area (Å²) in [6, 6.07) is 6.12. The van der Waals surface area contributed by atoms with Gasteiger partial charge in [-0.05, 0) is 18.2 Å². The van der Waals surface area contributed by atoms with E-state index in [4.69, 9.17) is 4.74 Å². The Morgan fingerprint density at radius 3 is 2.48 bits per heavy atom. The number of nitrogens with zero attached hydrogens (tertiary/aromatic N) is 4. The van der Waals surface area contributed by atoms with Gasteiger partial charge in [-0.2, -0.15) is 18.2 Å². The minimum atomic E-state index is -4.47. The number of carbonyl (C=O) groups is 1. The van der Waals surface area contributed by atoms with Crippen LogP contribution in [0, 0.1) is 0 Å². The number of anilines is 1. The summed E-state index contributed by atoms with van der Waals surface area (Å²) in [5, 5.41) is 0. The number of carbonyl (C=O) groups excluding carboxylic acids is 1. The fourth-order valence-corrected chi connectivity index (χ4v) is 2.72. The molecule has 0 unspecified atom stereocenters. The SMILES string of the molecule is COc1ccnc(N2CCN(C(=O)c3cccc(C(F)(F)F)c3)CC2)n1.Cl. The lowest BCUT2D eigenvalue weighted by molar-refractivity contribution is -0.137. The van der Waals surface area contributed by atoms with Crippen LogP contribution in [0.2, 0.25) is 0 Å². The molecule has 27 heavy (non-hydrogen) atoms. The van der Waals surface area contributed by atoms with Gasteiger partial charge in [0.15, 0.2) is 0 Å². The second kappa shape index (κ2) is 8.43. The molecule has 0 N–H and O–H groups in total. The van der Waals surface area contributed by atoms with Crippen LogP contribution in [0.5, 0.6) is 5.88 Å². The van der Waals surface area contributed by atoms with E-state index in [0.717, 1.165) is 12.1 Å². The fourth-order valence-electron chi connectivity index (χ4n) is 2.72. The number of benzene rings is 1. The molecule has 0 aliphatic carbocycles. The molecule has 6 nitrogen and oxygen atoms in total. The van der Waals surface area contributed by atoms with Crippen LogP contribution in [-0.2, 0) is 6.18 Å². The van der Waals surface area contributed by atoms with Crippen molar-refractivity contribution in [2.24, 2.45) is 0 Å². The van der Waals surface area contributed by atoms with Crippen LogP contribution in [-0.4, -0.2) is 54.1 Å². The van der Waals surface area contributed by atoms with Crippen molar-refractivity contribution in [3.05, 3.63) is 47.7 Å². The molecule has 0 saturated carbocycles. The van der Waals surface area contributed by atoms with E-state index in [0.29, 0.717) is 38.0 Å². The second-order valence-corrected chi connectivity index (χ2v) is 5.76. The molecule has 0 atom stereocenters. The first-order valence-electron chi connectivity index (χ1n) is 7.97. The molecular weight excluding hydrogens is 385 g/mol. The van der Waals surface area contributed by atoms with Gasteiger partial charge in [0.2, 0.25) is 11.8 Å². The van der Waals surface area contributed by atoms with E-state index in [1.54, 1.807) is 12.3 Å². The third-order valence-electron chi connectivity index (χ3n) is 4.11. The molecule has 146 valence electrons. The first kappa shape index (κ1) is 20.8. The smallest absolute Gasteiger partial charge is 0.416 e. The van der Waals surface area contributed by atoms with Crippen LogP contribution in [0.25, 0.3) is 0 Å². The third kappa shape index (κ3) is 4.79. The summed E-state index contributed by atoms with van der Waals surface area (Å²) in [6.45, 7) is 1.71. The normalized spacial score (nSPS) is 14.5. The van der Waals surface area contributed by atoms with Crippen molar-refractivity contribution in [3.8, 4) is 5.88 Å². The summed E-state index contributed by atoms with van der Waals surface area (Å²) in [7, 11) is 1.51. The average molecular weight is 403 g/mol. The molecule has 1 amide bonds. The maximum absolute atomic E-state index is 12.8. The number of hydrogen-bond donors (Lipinski definition) is 0. The molecule has 1 aromatic heterocycles. The number of rotatable bonds is 3. The van der Waals surface area contributed by atoms with E-state index in [9.17, 15) is 18.0 Å². The Morgan fingerprint density at radius 2 is 1.85 bits per heavy atom. The zero-order valence-electron chi connectivity index (χ0n) is 14.4. The van der Waals surface area contributed by atoms with Gasteiger partial charge in [0.25, 0.3) is 5.91 Å². The monoisotopic (exact) mass is 402 g/mol. The minimum Gasteiger partial charge on any atom is -0.481 e. The highest BCUT2D eigenvalue weighted by atomic mass is 35.5. The van der Waals surface area contributed by atoms with Gasteiger partial charge in [0, 0.05) is 44.0 Å². The number of hydrogen-bond acceptors (Lipinski definition) is 5. The maximum atomic E-state index is 12.8. The van der Waals surface area contributed by atoms with Crippen molar-refractivity contribution in [1.82, 2.24) is 14.9 Å². The van der Waals surface area contributed by atoms with Crippen LogP contribution in [0.4, 0.5) is 19.1 Å². The van der Waals surface area contributed by atoms with E-state index in [2.05, 4.69) is 9.97 Å². The molecule has 2 heterocycles. The van der Waals surface area contributed by atoms with E-state index in [1.165, 1.54) is 24.1 Å². The average Bonchev–Trinajstić information content (AvgIpc) is 2.67. The van der Waals surface area contributed by atoms with Crippen molar-refractivity contribution < 1.29 is 22.7 Å². The molecule has 2 aromatic rings. The van der Waals surface area contributed by atoms with Gasteiger partial charge >= 0.3 is 6.18 Å².